The van der Waals surface area contributed by atoms with Crippen molar-refractivity contribution in [3.8, 4) is 22.6 Å². The van der Waals surface area contributed by atoms with Gasteiger partial charge in [-0.15, -0.1) is 0 Å². The van der Waals surface area contributed by atoms with Crippen LogP contribution in [0.4, 0.5) is 0 Å². The van der Waals surface area contributed by atoms with Gasteiger partial charge in [-0.1, -0.05) is 18.2 Å². The molecule has 110 valence electrons. The first-order valence-electron chi connectivity index (χ1n) is 6.70. The minimum Gasteiger partial charge on any atom is -0.497 e. The second-order valence-electron chi connectivity index (χ2n) is 4.76. The molecule has 0 aliphatic heterocycles. The van der Waals surface area contributed by atoms with Crippen LogP contribution in [0.1, 0.15) is 10.4 Å². The van der Waals surface area contributed by atoms with Gasteiger partial charge in [0.15, 0.2) is 0 Å². The fraction of sp³-hybridized carbons (Fsp3) is 0.0588. The van der Waals surface area contributed by atoms with Gasteiger partial charge >= 0.3 is 5.97 Å². The van der Waals surface area contributed by atoms with Crippen molar-refractivity contribution in [3.05, 3.63) is 66.5 Å². The molecule has 0 unspecified atom stereocenters. The Hall–Kier alpha value is -3.08. The lowest BCUT2D eigenvalue weighted by molar-refractivity contribution is 0.0697. The molecule has 1 heterocycles. The fourth-order valence-electron chi connectivity index (χ4n) is 2.20. The van der Waals surface area contributed by atoms with Crippen LogP contribution in [0, 0.1) is 0 Å². The van der Waals surface area contributed by atoms with Gasteiger partial charge in [-0.05, 0) is 29.8 Å². The average molecular weight is 294 g/mol. The van der Waals surface area contributed by atoms with E-state index in [1.165, 1.54) is 0 Å². The molecule has 1 N–H and O–H groups in total. The van der Waals surface area contributed by atoms with E-state index in [2.05, 4.69) is 5.10 Å². The van der Waals surface area contributed by atoms with Crippen molar-refractivity contribution in [3.63, 3.8) is 0 Å². The molecule has 3 aromatic rings. The van der Waals surface area contributed by atoms with E-state index < -0.39 is 5.97 Å². The van der Waals surface area contributed by atoms with Crippen LogP contribution < -0.4 is 4.74 Å². The minimum atomic E-state index is -0.943. The summed E-state index contributed by atoms with van der Waals surface area (Å²) in [6, 6.07) is 14.3. The third kappa shape index (κ3) is 2.69. The molecule has 0 saturated carbocycles. The van der Waals surface area contributed by atoms with Crippen LogP contribution in [0.5, 0.6) is 5.75 Å². The highest BCUT2D eigenvalue weighted by atomic mass is 16.5. The first-order valence-corrected chi connectivity index (χ1v) is 6.70. The molecule has 3 rings (SSSR count). The molecular weight excluding hydrogens is 280 g/mol. The molecule has 22 heavy (non-hydrogen) atoms. The second-order valence-corrected chi connectivity index (χ2v) is 4.76. The number of carboxylic acid groups (broad SMARTS) is 1. The Balaban J connectivity index is 1.96. The van der Waals surface area contributed by atoms with Crippen molar-refractivity contribution in [2.24, 2.45) is 0 Å². The zero-order valence-corrected chi connectivity index (χ0v) is 11.9. The Bertz CT molecular complexity index is 824. The van der Waals surface area contributed by atoms with Crippen molar-refractivity contribution in [2.75, 3.05) is 7.11 Å². The summed E-state index contributed by atoms with van der Waals surface area (Å²) in [5, 5.41) is 13.4. The molecule has 0 amide bonds. The first-order chi connectivity index (χ1) is 10.7. The number of nitrogens with zero attached hydrogens (tertiary/aromatic N) is 2. The SMILES string of the molecule is COc1cccc(-n2cc(-c3cccc(C(=O)O)c3)cn2)c1. The minimum absolute atomic E-state index is 0.256. The van der Waals surface area contributed by atoms with Crippen molar-refractivity contribution >= 4 is 5.97 Å². The van der Waals surface area contributed by atoms with E-state index in [4.69, 9.17) is 9.84 Å². The number of carbonyl (C=O) groups is 1. The maximum atomic E-state index is 11.0. The van der Waals surface area contributed by atoms with Crippen LogP contribution in [0.25, 0.3) is 16.8 Å². The summed E-state index contributed by atoms with van der Waals surface area (Å²) in [4.78, 5) is 11.0. The van der Waals surface area contributed by atoms with E-state index in [-0.39, 0.29) is 5.56 Å². The molecule has 0 radical (unpaired) electrons. The second kappa shape index (κ2) is 5.73. The number of aromatic carboxylic acids is 1. The van der Waals surface area contributed by atoms with Crippen molar-refractivity contribution in [1.82, 2.24) is 9.78 Å². The number of ether oxygens (including phenoxy) is 1. The van der Waals surface area contributed by atoms with E-state index in [1.54, 1.807) is 36.2 Å². The van der Waals surface area contributed by atoms with Gasteiger partial charge in [-0.3, -0.25) is 0 Å². The lowest BCUT2D eigenvalue weighted by Gasteiger charge is -2.04. The summed E-state index contributed by atoms with van der Waals surface area (Å²) in [6.45, 7) is 0. The van der Waals surface area contributed by atoms with E-state index in [0.29, 0.717) is 0 Å². The Morgan fingerprint density at radius 1 is 1.14 bits per heavy atom. The van der Waals surface area contributed by atoms with Crippen molar-refractivity contribution in [2.45, 2.75) is 0 Å². The Kier molecular flexibility index (Phi) is 3.62. The summed E-state index contributed by atoms with van der Waals surface area (Å²) < 4.78 is 6.93. The number of carboxylic acids is 1. The molecule has 0 aliphatic carbocycles. The lowest BCUT2D eigenvalue weighted by atomic mass is 10.1. The summed E-state index contributed by atoms with van der Waals surface area (Å²) in [5.41, 5.74) is 2.80. The van der Waals surface area contributed by atoms with Gasteiger partial charge in [0.2, 0.25) is 0 Å². The Morgan fingerprint density at radius 2 is 1.95 bits per heavy atom. The molecule has 0 atom stereocenters. The number of aromatic nitrogens is 2. The molecule has 1 aromatic heterocycles. The van der Waals surface area contributed by atoms with Crippen molar-refractivity contribution in [1.29, 1.82) is 0 Å². The van der Waals surface area contributed by atoms with Gasteiger partial charge in [0.1, 0.15) is 5.75 Å². The third-order valence-corrected chi connectivity index (χ3v) is 3.34. The maximum Gasteiger partial charge on any atom is 0.335 e. The van der Waals surface area contributed by atoms with E-state index in [0.717, 1.165) is 22.6 Å². The summed E-state index contributed by atoms with van der Waals surface area (Å²) in [5.74, 6) is -0.190. The number of hydrogen-bond acceptors (Lipinski definition) is 3. The first kappa shape index (κ1) is 13.9. The Labute approximate surface area is 127 Å². The smallest absolute Gasteiger partial charge is 0.335 e. The molecule has 0 fully saturated rings. The molecule has 0 saturated heterocycles. The summed E-state index contributed by atoms with van der Waals surface area (Å²) in [6.07, 6.45) is 3.57. The maximum absolute atomic E-state index is 11.0. The monoisotopic (exact) mass is 294 g/mol. The lowest BCUT2D eigenvalue weighted by Crippen LogP contribution is -1.95. The number of hydrogen-bond donors (Lipinski definition) is 1. The van der Waals surface area contributed by atoms with Crippen LogP contribution >= 0.6 is 0 Å². The quantitative estimate of drug-likeness (QED) is 0.802. The van der Waals surface area contributed by atoms with Crippen LogP contribution in [0.15, 0.2) is 60.9 Å². The normalized spacial score (nSPS) is 10.4. The third-order valence-electron chi connectivity index (χ3n) is 3.34. The van der Waals surface area contributed by atoms with E-state index >= 15 is 0 Å². The summed E-state index contributed by atoms with van der Waals surface area (Å²) >= 11 is 0. The molecule has 0 aliphatic rings. The number of rotatable bonds is 4. The highest BCUT2D eigenvalue weighted by Crippen LogP contribution is 2.22. The van der Waals surface area contributed by atoms with Crippen molar-refractivity contribution < 1.29 is 14.6 Å². The molecule has 2 aromatic carbocycles. The Morgan fingerprint density at radius 3 is 2.73 bits per heavy atom. The molecule has 0 spiro atoms. The van der Waals surface area contributed by atoms with E-state index in [1.807, 2.05) is 36.5 Å². The molecular formula is C17H14N2O3. The van der Waals surface area contributed by atoms with Gasteiger partial charge < -0.3 is 9.84 Å². The van der Waals surface area contributed by atoms with Crippen LogP contribution in [-0.2, 0) is 0 Å². The van der Waals surface area contributed by atoms with Crippen LogP contribution in [-0.4, -0.2) is 28.0 Å². The molecule has 5 nitrogen and oxygen atoms in total. The highest BCUT2D eigenvalue weighted by molar-refractivity contribution is 5.89. The highest BCUT2D eigenvalue weighted by Gasteiger charge is 2.07. The topological polar surface area (TPSA) is 64.3 Å². The van der Waals surface area contributed by atoms with Gasteiger partial charge in [0.25, 0.3) is 0 Å². The summed E-state index contributed by atoms with van der Waals surface area (Å²) in [7, 11) is 1.62. The predicted octanol–water partition coefficient (Wildman–Crippen LogP) is 3.25. The zero-order chi connectivity index (χ0) is 15.5. The largest absolute Gasteiger partial charge is 0.497 e. The molecule has 5 heteroatoms. The standard InChI is InChI=1S/C17H14N2O3/c1-22-16-7-3-6-15(9-16)19-11-14(10-18-19)12-4-2-5-13(8-12)17(20)21/h2-11H,1H3,(H,20,21). The fourth-order valence-corrected chi connectivity index (χ4v) is 2.20. The average Bonchev–Trinajstić information content (AvgIpc) is 3.05. The van der Waals surface area contributed by atoms with Gasteiger partial charge in [-0.2, -0.15) is 5.10 Å². The molecule has 0 bridgehead atoms. The van der Waals surface area contributed by atoms with Gasteiger partial charge in [0, 0.05) is 17.8 Å². The zero-order valence-electron chi connectivity index (χ0n) is 11.9. The number of benzene rings is 2. The number of methoxy groups -OCH3 is 1. The van der Waals surface area contributed by atoms with Gasteiger partial charge in [0.05, 0.1) is 24.6 Å². The van der Waals surface area contributed by atoms with E-state index in [9.17, 15) is 4.79 Å². The van der Waals surface area contributed by atoms with Crippen LogP contribution in [0.2, 0.25) is 0 Å². The van der Waals surface area contributed by atoms with Crippen LogP contribution in [0.3, 0.4) is 0 Å². The van der Waals surface area contributed by atoms with Gasteiger partial charge in [-0.25, -0.2) is 9.48 Å². The predicted molar refractivity (Wildman–Crippen MR) is 82.5 cm³/mol.